The Hall–Kier alpha value is -0.120. The average molecular weight is 284 g/mol. The molecule has 1 saturated heterocycles. The second-order valence-corrected chi connectivity index (χ2v) is 8.19. The Morgan fingerprint density at radius 1 is 1.30 bits per heavy atom. The molecular weight excluding hydrogens is 248 g/mol. The van der Waals surface area contributed by atoms with Crippen molar-refractivity contribution in [1.82, 2.24) is 10.2 Å². The molecule has 1 aliphatic heterocycles. The van der Waals surface area contributed by atoms with Crippen LogP contribution in [0, 0.1) is 11.3 Å². The largest absolute Gasteiger partial charge is 0.393 e. The smallest absolute Gasteiger partial charge is 0.0552 e. The van der Waals surface area contributed by atoms with E-state index in [9.17, 15) is 5.11 Å². The summed E-state index contributed by atoms with van der Waals surface area (Å²) in [4.78, 5) is 2.55. The van der Waals surface area contributed by atoms with E-state index < -0.39 is 0 Å². The molecule has 3 atom stereocenters. The van der Waals surface area contributed by atoms with E-state index in [0.717, 1.165) is 32.6 Å². The Balaban J connectivity index is 2.53. The van der Waals surface area contributed by atoms with Gasteiger partial charge in [-0.2, -0.15) is 0 Å². The lowest BCUT2D eigenvalue weighted by atomic mass is 9.84. The quantitative estimate of drug-likeness (QED) is 0.754. The van der Waals surface area contributed by atoms with Crippen LogP contribution < -0.4 is 5.32 Å². The molecule has 0 aromatic heterocycles. The third kappa shape index (κ3) is 6.11. The van der Waals surface area contributed by atoms with Gasteiger partial charge in [-0.15, -0.1) is 0 Å². The average Bonchev–Trinajstić information content (AvgIpc) is 2.74. The summed E-state index contributed by atoms with van der Waals surface area (Å²) in [5, 5.41) is 13.4. The number of rotatable bonds is 7. The van der Waals surface area contributed by atoms with Crippen LogP contribution in [0.4, 0.5) is 0 Å². The van der Waals surface area contributed by atoms with Crippen molar-refractivity contribution in [3.63, 3.8) is 0 Å². The molecule has 1 aliphatic rings. The molecule has 20 heavy (non-hydrogen) atoms. The number of nitrogens with one attached hydrogen (secondary N) is 1. The van der Waals surface area contributed by atoms with Crippen LogP contribution in [-0.2, 0) is 0 Å². The van der Waals surface area contributed by atoms with Crippen LogP contribution in [0.1, 0.15) is 60.8 Å². The van der Waals surface area contributed by atoms with Crippen molar-refractivity contribution >= 4 is 0 Å². The SMILES string of the molecule is CCCC(C)(CNC(C)(C)C)CN1CCC(C(C)O)C1. The lowest BCUT2D eigenvalue weighted by Gasteiger charge is -2.37. The second kappa shape index (κ2) is 7.24. The van der Waals surface area contributed by atoms with Crippen molar-refractivity contribution in [3.05, 3.63) is 0 Å². The Morgan fingerprint density at radius 3 is 2.40 bits per heavy atom. The molecule has 1 fully saturated rings. The van der Waals surface area contributed by atoms with Crippen molar-refractivity contribution in [2.45, 2.75) is 72.4 Å². The number of hydrogen-bond acceptors (Lipinski definition) is 3. The molecule has 120 valence electrons. The Bertz CT molecular complexity index is 285. The summed E-state index contributed by atoms with van der Waals surface area (Å²) in [5.41, 5.74) is 0.512. The molecular formula is C17H36N2O. The van der Waals surface area contributed by atoms with Gasteiger partial charge in [0, 0.05) is 25.2 Å². The summed E-state index contributed by atoms with van der Waals surface area (Å²) in [6.07, 6.45) is 3.47. The number of aliphatic hydroxyl groups is 1. The first-order valence-electron chi connectivity index (χ1n) is 8.31. The zero-order chi connectivity index (χ0) is 15.4. The van der Waals surface area contributed by atoms with E-state index in [-0.39, 0.29) is 11.6 Å². The molecule has 3 nitrogen and oxygen atoms in total. The monoisotopic (exact) mass is 284 g/mol. The van der Waals surface area contributed by atoms with Crippen molar-refractivity contribution in [3.8, 4) is 0 Å². The maximum absolute atomic E-state index is 9.74. The molecule has 1 rings (SSSR count). The molecule has 3 heteroatoms. The van der Waals surface area contributed by atoms with E-state index in [2.05, 4.69) is 44.8 Å². The third-order valence-corrected chi connectivity index (χ3v) is 4.50. The van der Waals surface area contributed by atoms with Crippen molar-refractivity contribution < 1.29 is 5.11 Å². The number of aliphatic hydroxyl groups excluding tert-OH is 1. The minimum Gasteiger partial charge on any atom is -0.393 e. The van der Waals surface area contributed by atoms with E-state index in [1.807, 2.05) is 6.92 Å². The molecule has 0 radical (unpaired) electrons. The highest BCUT2D eigenvalue weighted by atomic mass is 16.3. The fourth-order valence-corrected chi connectivity index (χ4v) is 3.25. The van der Waals surface area contributed by atoms with Gasteiger partial charge in [0.1, 0.15) is 0 Å². The highest BCUT2D eigenvalue weighted by molar-refractivity contribution is 4.87. The van der Waals surface area contributed by atoms with Crippen LogP contribution in [-0.4, -0.2) is 47.8 Å². The molecule has 0 spiro atoms. The normalized spacial score (nSPS) is 25.6. The van der Waals surface area contributed by atoms with Gasteiger partial charge >= 0.3 is 0 Å². The van der Waals surface area contributed by atoms with Crippen molar-refractivity contribution in [2.75, 3.05) is 26.2 Å². The van der Waals surface area contributed by atoms with E-state index in [0.29, 0.717) is 11.3 Å². The minimum atomic E-state index is -0.162. The van der Waals surface area contributed by atoms with Crippen LogP contribution in [0.3, 0.4) is 0 Å². The predicted octanol–water partition coefficient (Wildman–Crippen LogP) is 2.88. The van der Waals surface area contributed by atoms with Crippen molar-refractivity contribution in [2.24, 2.45) is 11.3 Å². The van der Waals surface area contributed by atoms with Gasteiger partial charge in [0.25, 0.3) is 0 Å². The molecule has 2 N–H and O–H groups in total. The van der Waals surface area contributed by atoms with Gasteiger partial charge in [0.05, 0.1) is 6.10 Å². The van der Waals surface area contributed by atoms with Crippen LogP contribution >= 0.6 is 0 Å². The van der Waals surface area contributed by atoms with Gasteiger partial charge in [-0.25, -0.2) is 0 Å². The fourth-order valence-electron chi connectivity index (χ4n) is 3.25. The maximum Gasteiger partial charge on any atom is 0.0552 e. The first-order valence-corrected chi connectivity index (χ1v) is 8.31. The highest BCUT2D eigenvalue weighted by Gasteiger charge is 2.32. The highest BCUT2D eigenvalue weighted by Crippen LogP contribution is 2.28. The van der Waals surface area contributed by atoms with Gasteiger partial charge in [-0.05, 0) is 58.4 Å². The number of nitrogens with zero attached hydrogens (tertiary/aromatic N) is 1. The topological polar surface area (TPSA) is 35.5 Å². The lowest BCUT2D eigenvalue weighted by molar-refractivity contribution is 0.115. The van der Waals surface area contributed by atoms with Gasteiger partial charge in [0.2, 0.25) is 0 Å². The first-order chi connectivity index (χ1) is 9.15. The molecule has 0 bridgehead atoms. The van der Waals surface area contributed by atoms with Crippen LogP contribution in [0.25, 0.3) is 0 Å². The number of hydrogen-bond donors (Lipinski definition) is 2. The van der Waals surface area contributed by atoms with Gasteiger partial charge in [0.15, 0.2) is 0 Å². The predicted molar refractivity (Wildman–Crippen MR) is 87.0 cm³/mol. The minimum absolute atomic E-state index is 0.162. The van der Waals surface area contributed by atoms with Gasteiger partial charge in [-0.3, -0.25) is 0 Å². The summed E-state index contributed by atoms with van der Waals surface area (Å²) in [7, 11) is 0. The Labute approximate surface area is 126 Å². The van der Waals surface area contributed by atoms with Gasteiger partial charge < -0.3 is 15.3 Å². The van der Waals surface area contributed by atoms with Crippen LogP contribution in [0.2, 0.25) is 0 Å². The summed E-state index contributed by atoms with van der Waals surface area (Å²) < 4.78 is 0. The summed E-state index contributed by atoms with van der Waals surface area (Å²) in [5.74, 6) is 0.469. The maximum atomic E-state index is 9.74. The van der Waals surface area contributed by atoms with E-state index in [1.165, 1.54) is 12.8 Å². The van der Waals surface area contributed by atoms with E-state index >= 15 is 0 Å². The molecule has 0 amide bonds. The molecule has 0 aliphatic carbocycles. The second-order valence-electron chi connectivity index (χ2n) is 8.19. The molecule has 0 saturated carbocycles. The third-order valence-electron chi connectivity index (χ3n) is 4.50. The molecule has 0 aromatic carbocycles. The molecule has 3 unspecified atom stereocenters. The standard InChI is InChI=1S/C17H36N2O/c1-7-9-17(6,12-18-16(3,4)5)13-19-10-8-15(11-19)14(2)20/h14-15,18,20H,7-13H2,1-6H3. The van der Waals surface area contributed by atoms with Crippen molar-refractivity contribution in [1.29, 1.82) is 0 Å². The Kier molecular flexibility index (Phi) is 6.49. The molecule has 1 heterocycles. The van der Waals surface area contributed by atoms with E-state index in [4.69, 9.17) is 0 Å². The summed E-state index contributed by atoms with van der Waals surface area (Å²) >= 11 is 0. The zero-order valence-electron chi connectivity index (χ0n) is 14.5. The fraction of sp³-hybridized carbons (Fsp3) is 1.00. The first kappa shape index (κ1) is 17.9. The summed E-state index contributed by atoms with van der Waals surface area (Å²) in [6, 6.07) is 0. The molecule has 0 aromatic rings. The van der Waals surface area contributed by atoms with Gasteiger partial charge in [-0.1, -0.05) is 20.3 Å². The van der Waals surface area contributed by atoms with E-state index in [1.54, 1.807) is 0 Å². The number of likely N-dealkylation sites (tertiary alicyclic amines) is 1. The summed E-state index contributed by atoms with van der Waals surface area (Å²) in [6.45, 7) is 17.7. The van der Waals surface area contributed by atoms with Crippen LogP contribution in [0.15, 0.2) is 0 Å². The Morgan fingerprint density at radius 2 is 1.95 bits per heavy atom. The lowest BCUT2D eigenvalue weighted by Crippen LogP contribution is -2.47. The zero-order valence-corrected chi connectivity index (χ0v) is 14.5. The van der Waals surface area contributed by atoms with Crippen LogP contribution in [0.5, 0.6) is 0 Å².